The molecule has 55 heavy (non-hydrogen) atoms. The molecule has 1 aromatic heterocycles. The lowest BCUT2D eigenvalue weighted by Gasteiger charge is -2.58. The molecule has 0 radical (unpaired) electrons. The number of nitrogens with zero attached hydrogens (tertiary/aromatic N) is 1. The van der Waals surface area contributed by atoms with Crippen molar-refractivity contribution in [3.05, 3.63) is 107 Å². The molecule has 5 saturated carbocycles. The molecule has 5 fully saturated rings. The van der Waals surface area contributed by atoms with E-state index in [0.717, 1.165) is 66.7 Å². The second kappa shape index (κ2) is 16.1. The summed E-state index contributed by atoms with van der Waals surface area (Å²) in [5.41, 5.74) is 3.49. The highest BCUT2D eigenvalue weighted by Gasteiger charge is 2.58. The maximum absolute atomic E-state index is 14.2. The fraction of sp³-hybridized carbons (Fsp3) is 0.604. The maximum atomic E-state index is 14.2. The van der Waals surface area contributed by atoms with Gasteiger partial charge in [-0.2, -0.15) is 0 Å². The van der Waals surface area contributed by atoms with Crippen LogP contribution in [0.15, 0.2) is 83.0 Å². The van der Waals surface area contributed by atoms with Crippen molar-refractivity contribution in [3.63, 3.8) is 0 Å². The van der Waals surface area contributed by atoms with E-state index in [-0.39, 0.29) is 23.7 Å². The average Bonchev–Trinajstić information content (AvgIpc) is 3.77. The molecule has 0 amide bonds. The maximum Gasteiger partial charge on any atom is 0.228 e. The predicted molar refractivity (Wildman–Crippen MR) is 215 cm³/mol. The van der Waals surface area contributed by atoms with Crippen molar-refractivity contribution in [3.8, 4) is 0 Å². The molecule has 2 aromatic carbocycles. The summed E-state index contributed by atoms with van der Waals surface area (Å²) in [7, 11) is 0. The summed E-state index contributed by atoms with van der Waals surface area (Å²) in [6, 6.07) is 19.7. The van der Waals surface area contributed by atoms with Crippen LogP contribution < -0.4 is 0 Å². The van der Waals surface area contributed by atoms with Crippen LogP contribution in [0, 0.1) is 28.6 Å². The number of carbonyl (C=O) groups excluding carboxylic acids is 1. The number of carbonyl (C=O) groups is 1. The molecule has 10 rings (SSSR count). The lowest BCUT2D eigenvalue weighted by atomic mass is 9.49. The Labute approximate surface area is 328 Å². The second-order valence-corrected chi connectivity index (χ2v) is 19.0. The van der Waals surface area contributed by atoms with Crippen LogP contribution in [0.2, 0.25) is 0 Å². The molecule has 296 valence electrons. The zero-order valence-corrected chi connectivity index (χ0v) is 33.1. The molecule has 0 saturated heterocycles. The summed E-state index contributed by atoms with van der Waals surface area (Å²) < 4.78 is 11.7. The van der Waals surface area contributed by atoms with Crippen LogP contribution in [-0.4, -0.2) is 70.1 Å². The SMILES string of the molecule is CC1=CCC[C@@]2(C)[C@@H](CC[C@@]2(O)CN(C[C@@H](O)COCc2ccccc2)CC23CC4CC(CC(C4)C2)C3)c2ccc(cc2C(=O)c2ccco2)C[C@@H](O)CC1. The third-order valence-corrected chi connectivity index (χ3v) is 14.8. The van der Waals surface area contributed by atoms with E-state index in [1.165, 1.54) is 44.1 Å². The molecule has 7 nitrogen and oxygen atoms in total. The molecule has 1 heterocycles. The molecule has 3 N–H and O–H groups in total. The summed E-state index contributed by atoms with van der Waals surface area (Å²) in [6.45, 7) is 6.95. The highest BCUT2D eigenvalue weighted by Crippen LogP contribution is 2.62. The second-order valence-electron chi connectivity index (χ2n) is 19.0. The van der Waals surface area contributed by atoms with Crippen LogP contribution in [0.1, 0.15) is 130 Å². The number of aliphatic hydroxyl groups is 3. The van der Waals surface area contributed by atoms with Gasteiger partial charge in [0.1, 0.15) is 0 Å². The summed E-state index contributed by atoms with van der Waals surface area (Å²) in [6.07, 6.45) is 15.5. The van der Waals surface area contributed by atoms with E-state index < -0.39 is 23.2 Å². The largest absolute Gasteiger partial charge is 0.461 e. The Bertz CT molecular complexity index is 1770. The molecule has 7 heteroatoms. The number of ether oxygens (including phenoxy) is 1. The lowest BCUT2D eigenvalue weighted by Crippen LogP contribution is -2.57. The van der Waals surface area contributed by atoms with Gasteiger partial charge in [-0.05, 0) is 154 Å². The molecule has 0 spiro atoms. The van der Waals surface area contributed by atoms with Crippen molar-refractivity contribution >= 4 is 5.78 Å². The van der Waals surface area contributed by atoms with E-state index in [9.17, 15) is 20.1 Å². The molecule has 5 atom stereocenters. The van der Waals surface area contributed by atoms with Crippen molar-refractivity contribution in [2.45, 2.75) is 128 Å². The van der Waals surface area contributed by atoms with Gasteiger partial charge in [0, 0.05) is 30.6 Å². The number of allylic oxidation sites excluding steroid dienone is 2. The smallest absolute Gasteiger partial charge is 0.228 e. The molecule has 3 aromatic rings. The lowest BCUT2D eigenvalue weighted by molar-refractivity contribution is -0.115. The first kappa shape index (κ1) is 38.8. The van der Waals surface area contributed by atoms with Gasteiger partial charge >= 0.3 is 0 Å². The topological polar surface area (TPSA) is 103 Å². The minimum atomic E-state index is -1.05. The van der Waals surface area contributed by atoms with E-state index >= 15 is 0 Å². The average molecular weight is 750 g/mol. The third kappa shape index (κ3) is 8.34. The Balaban J connectivity index is 1.11. The monoisotopic (exact) mass is 749 g/mol. The summed E-state index contributed by atoms with van der Waals surface area (Å²) in [5, 5.41) is 35.9. The molecule has 7 aliphatic carbocycles. The van der Waals surface area contributed by atoms with Crippen LogP contribution in [0.4, 0.5) is 0 Å². The Hall–Kier alpha value is -3.07. The first-order valence-electron chi connectivity index (χ1n) is 21.3. The molecule has 0 unspecified atom stereocenters. The number of hydrogen-bond donors (Lipinski definition) is 3. The Morgan fingerprint density at radius 2 is 1.71 bits per heavy atom. The summed E-state index contributed by atoms with van der Waals surface area (Å²) in [5.74, 6) is 2.52. The van der Waals surface area contributed by atoms with Gasteiger partial charge in [-0.15, -0.1) is 0 Å². The number of ketones is 1. The Morgan fingerprint density at radius 1 is 0.964 bits per heavy atom. The minimum absolute atomic E-state index is 0.0671. The number of furan rings is 1. The molecule has 6 bridgehead atoms. The zero-order valence-electron chi connectivity index (χ0n) is 33.1. The fourth-order valence-corrected chi connectivity index (χ4v) is 12.5. The minimum Gasteiger partial charge on any atom is -0.461 e. The van der Waals surface area contributed by atoms with Crippen LogP contribution in [-0.2, 0) is 17.8 Å². The fourth-order valence-electron chi connectivity index (χ4n) is 12.5. The third-order valence-electron chi connectivity index (χ3n) is 14.8. The van der Waals surface area contributed by atoms with Gasteiger partial charge in [0.2, 0.25) is 5.78 Å². The number of rotatable bonds is 12. The van der Waals surface area contributed by atoms with Crippen LogP contribution in [0.5, 0.6) is 0 Å². The van der Waals surface area contributed by atoms with Gasteiger partial charge < -0.3 is 24.5 Å². The zero-order chi connectivity index (χ0) is 38.2. The van der Waals surface area contributed by atoms with Crippen LogP contribution >= 0.6 is 0 Å². The molecular weight excluding hydrogens is 687 g/mol. The first-order chi connectivity index (χ1) is 26.5. The van der Waals surface area contributed by atoms with E-state index in [0.29, 0.717) is 50.3 Å². The first-order valence-corrected chi connectivity index (χ1v) is 21.3. The van der Waals surface area contributed by atoms with Gasteiger partial charge in [-0.25, -0.2) is 0 Å². The normalized spacial score (nSPS) is 33.7. The Kier molecular flexibility index (Phi) is 11.3. The van der Waals surface area contributed by atoms with E-state index in [4.69, 9.17) is 9.15 Å². The van der Waals surface area contributed by atoms with E-state index in [2.05, 4.69) is 37.0 Å². The van der Waals surface area contributed by atoms with E-state index in [1.807, 2.05) is 36.4 Å². The highest BCUT2D eigenvalue weighted by atomic mass is 16.5. The van der Waals surface area contributed by atoms with Crippen molar-refractivity contribution in [2.24, 2.45) is 28.6 Å². The Morgan fingerprint density at radius 3 is 2.42 bits per heavy atom. The number of aliphatic hydroxyl groups excluding tert-OH is 2. The highest BCUT2D eigenvalue weighted by molar-refractivity contribution is 6.08. The van der Waals surface area contributed by atoms with Crippen molar-refractivity contribution in [2.75, 3.05) is 26.2 Å². The number of benzene rings is 2. The van der Waals surface area contributed by atoms with Crippen molar-refractivity contribution in [1.29, 1.82) is 0 Å². The summed E-state index contributed by atoms with van der Waals surface area (Å²) in [4.78, 5) is 16.6. The van der Waals surface area contributed by atoms with Crippen molar-refractivity contribution in [1.82, 2.24) is 4.90 Å². The van der Waals surface area contributed by atoms with Gasteiger partial charge in [0.25, 0.3) is 0 Å². The molecule has 0 aliphatic heterocycles. The van der Waals surface area contributed by atoms with Gasteiger partial charge in [-0.3, -0.25) is 9.69 Å². The summed E-state index contributed by atoms with van der Waals surface area (Å²) >= 11 is 0. The quantitative estimate of drug-likeness (QED) is 0.126. The van der Waals surface area contributed by atoms with Gasteiger partial charge in [-0.1, -0.05) is 61.0 Å². The molecular formula is C48H63NO6. The standard InChI is InChI=1S/C48H63NO6/c1-33-8-6-17-46(2)43(41-15-13-35(23-39(50)14-12-33)24-42(41)45(52)44-11-7-19-55-44)16-18-48(46,53)32-49(28-40(51)30-54-29-34-9-4-3-5-10-34)31-47-25-36-20-37(26-47)22-38(21-36)27-47/h3-5,7-11,13,15,19,24,36-40,43,50-51,53H,6,12,14,16-18,20-23,25-32H2,1-2H3/t36?,37?,38?,39-,40+,43-,46-,47?,48+/m0/s1. The molecule has 7 aliphatic rings. The van der Waals surface area contributed by atoms with Crippen LogP contribution in [0.3, 0.4) is 0 Å². The van der Waals surface area contributed by atoms with Gasteiger partial charge in [0.05, 0.1) is 37.3 Å². The van der Waals surface area contributed by atoms with Crippen molar-refractivity contribution < 1.29 is 29.3 Å². The van der Waals surface area contributed by atoms with E-state index in [1.54, 1.807) is 18.4 Å². The van der Waals surface area contributed by atoms with Gasteiger partial charge in [0.15, 0.2) is 5.76 Å². The van der Waals surface area contributed by atoms with Crippen LogP contribution in [0.25, 0.3) is 0 Å². The number of hydrogen-bond acceptors (Lipinski definition) is 7. The predicted octanol–water partition coefficient (Wildman–Crippen LogP) is 8.65. The number of fused-ring (bicyclic) bond motifs is 8.